The molecule has 1 aromatic heterocycles. The van der Waals surface area contributed by atoms with Gasteiger partial charge in [-0.05, 0) is 12.0 Å². The number of methoxy groups -OCH3 is 1. The first kappa shape index (κ1) is 16.2. The molecule has 0 saturated carbocycles. The molecule has 2 atom stereocenters. The Morgan fingerprint density at radius 3 is 2.87 bits per heavy atom. The van der Waals surface area contributed by atoms with E-state index in [1.807, 2.05) is 4.90 Å². The van der Waals surface area contributed by atoms with Gasteiger partial charge in [0.05, 0.1) is 20.3 Å². The highest BCUT2D eigenvalue weighted by atomic mass is 16.5. The summed E-state index contributed by atoms with van der Waals surface area (Å²) in [6.07, 6.45) is 2.70. The number of ether oxygens (including phenoxy) is 2. The smallest absolute Gasteiger partial charge is 0.272 e. The second-order valence-corrected chi connectivity index (χ2v) is 6.18. The van der Waals surface area contributed by atoms with Crippen molar-refractivity contribution < 1.29 is 14.3 Å². The maximum absolute atomic E-state index is 12.8. The SMILES string of the molecule is CC[C@@H]1CN(C(=O)c2cc(OC)ccn2)C[C@@H]1N1CCOCC1. The van der Waals surface area contributed by atoms with Gasteiger partial charge in [0.15, 0.2) is 0 Å². The van der Waals surface area contributed by atoms with Gasteiger partial charge in [-0.1, -0.05) is 13.3 Å². The van der Waals surface area contributed by atoms with Crippen molar-refractivity contribution in [2.45, 2.75) is 19.4 Å². The highest BCUT2D eigenvalue weighted by molar-refractivity contribution is 5.92. The van der Waals surface area contributed by atoms with Crippen LogP contribution in [0.2, 0.25) is 0 Å². The van der Waals surface area contributed by atoms with Gasteiger partial charge in [0.25, 0.3) is 5.91 Å². The van der Waals surface area contributed by atoms with E-state index in [2.05, 4.69) is 16.8 Å². The fourth-order valence-electron chi connectivity index (χ4n) is 3.56. The Morgan fingerprint density at radius 1 is 1.39 bits per heavy atom. The molecule has 6 heteroatoms. The number of likely N-dealkylation sites (tertiary alicyclic amines) is 1. The number of nitrogens with zero attached hydrogens (tertiary/aromatic N) is 3. The summed E-state index contributed by atoms with van der Waals surface area (Å²) in [6, 6.07) is 3.90. The zero-order valence-corrected chi connectivity index (χ0v) is 13.9. The van der Waals surface area contributed by atoms with E-state index >= 15 is 0 Å². The van der Waals surface area contributed by atoms with Crippen molar-refractivity contribution in [3.63, 3.8) is 0 Å². The van der Waals surface area contributed by atoms with Crippen LogP contribution in [0.15, 0.2) is 18.3 Å². The van der Waals surface area contributed by atoms with E-state index in [0.717, 1.165) is 45.8 Å². The lowest BCUT2D eigenvalue weighted by Gasteiger charge is -2.34. The van der Waals surface area contributed by atoms with Crippen molar-refractivity contribution >= 4 is 5.91 Å². The van der Waals surface area contributed by atoms with Crippen LogP contribution in [0, 0.1) is 5.92 Å². The molecule has 0 bridgehead atoms. The minimum atomic E-state index is -0.00175. The first-order valence-electron chi connectivity index (χ1n) is 8.34. The van der Waals surface area contributed by atoms with Gasteiger partial charge in [-0.2, -0.15) is 0 Å². The van der Waals surface area contributed by atoms with Gasteiger partial charge in [-0.15, -0.1) is 0 Å². The molecule has 3 rings (SSSR count). The Morgan fingerprint density at radius 2 is 2.17 bits per heavy atom. The summed E-state index contributed by atoms with van der Waals surface area (Å²) < 4.78 is 10.6. The summed E-state index contributed by atoms with van der Waals surface area (Å²) >= 11 is 0. The average molecular weight is 319 g/mol. The van der Waals surface area contributed by atoms with E-state index < -0.39 is 0 Å². The van der Waals surface area contributed by atoms with E-state index in [4.69, 9.17) is 9.47 Å². The lowest BCUT2D eigenvalue weighted by atomic mass is 9.99. The fraction of sp³-hybridized carbons (Fsp3) is 0.647. The van der Waals surface area contributed by atoms with Gasteiger partial charge >= 0.3 is 0 Å². The third-order valence-electron chi connectivity index (χ3n) is 4.92. The number of carbonyl (C=O) groups is 1. The molecule has 2 saturated heterocycles. The fourth-order valence-corrected chi connectivity index (χ4v) is 3.56. The molecule has 0 aromatic carbocycles. The molecule has 126 valence electrons. The number of pyridine rings is 1. The topological polar surface area (TPSA) is 54.9 Å². The Labute approximate surface area is 137 Å². The monoisotopic (exact) mass is 319 g/mol. The van der Waals surface area contributed by atoms with Crippen molar-refractivity contribution in [3.8, 4) is 5.75 Å². The third kappa shape index (κ3) is 3.48. The minimum Gasteiger partial charge on any atom is -0.497 e. The molecule has 23 heavy (non-hydrogen) atoms. The summed E-state index contributed by atoms with van der Waals surface area (Å²) in [5, 5.41) is 0. The molecule has 0 N–H and O–H groups in total. The van der Waals surface area contributed by atoms with Crippen LogP contribution in [-0.4, -0.2) is 73.2 Å². The molecule has 2 aliphatic heterocycles. The second kappa shape index (κ2) is 7.27. The zero-order chi connectivity index (χ0) is 16.2. The van der Waals surface area contributed by atoms with Gasteiger partial charge in [0.2, 0.25) is 0 Å². The maximum Gasteiger partial charge on any atom is 0.272 e. The number of rotatable bonds is 4. The molecule has 2 fully saturated rings. The van der Waals surface area contributed by atoms with Gasteiger partial charge in [0, 0.05) is 44.5 Å². The molecular formula is C17H25N3O3. The summed E-state index contributed by atoms with van der Waals surface area (Å²) in [6.45, 7) is 7.28. The molecule has 0 radical (unpaired) electrons. The lowest BCUT2D eigenvalue weighted by molar-refractivity contribution is 0.0102. The number of morpholine rings is 1. The van der Waals surface area contributed by atoms with E-state index in [1.54, 1.807) is 25.4 Å². The van der Waals surface area contributed by atoms with Crippen LogP contribution in [0.4, 0.5) is 0 Å². The summed E-state index contributed by atoms with van der Waals surface area (Å²) in [7, 11) is 1.60. The van der Waals surface area contributed by atoms with Crippen LogP contribution in [0.5, 0.6) is 5.75 Å². The molecular weight excluding hydrogens is 294 g/mol. The molecule has 0 spiro atoms. The first-order valence-corrected chi connectivity index (χ1v) is 8.34. The summed E-state index contributed by atoms with van der Waals surface area (Å²) in [4.78, 5) is 21.4. The Kier molecular flexibility index (Phi) is 5.13. The highest BCUT2D eigenvalue weighted by Gasteiger charge is 2.38. The first-order chi connectivity index (χ1) is 11.2. The molecule has 2 aliphatic rings. The van der Waals surface area contributed by atoms with E-state index in [1.165, 1.54) is 0 Å². The lowest BCUT2D eigenvalue weighted by Crippen LogP contribution is -2.47. The number of hydrogen-bond acceptors (Lipinski definition) is 5. The van der Waals surface area contributed by atoms with Gasteiger partial charge in [0.1, 0.15) is 11.4 Å². The molecule has 6 nitrogen and oxygen atoms in total. The second-order valence-electron chi connectivity index (χ2n) is 6.18. The van der Waals surface area contributed by atoms with Crippen LogP contribution in [0.1, 0.15) is 23.8 Å². The van der Waals surface area contributed by atoms with Crippen LogP contribution in [0.3, 0.4) is 0 Å². The standard InChI is InChI=1S/C17H25N3O3/c1-3-13-11-20(12-16(13)19-6-8-23-9-7-19)17(21)15-10-14(22-2)4-5-18-15/h4-5,10,13,16H,3,6-9,11-12H2,1-2H3/t13-,16+/m1/s1. The number of aromatic nitrogens is 1. The van der Waals surface area contributed by atoms with Crippen molar-refractivity contribution in [2.24, 2.45) is 5.92 Å². The van der Waals surface area contributed by atoms with Crippen molar-refractivity contribution in [1.82, 2.24) is 14.8 Å². The Bertz CT molecular complexity index is 546. The summed E-state index contributed by atoms with van der Waals surface area (Å²) in [5.41, 5.74) is 0.460. The van der Waals surface area contributed by atoms with Crippen molar-refractivity contribution in [2.75, 3.05) is 46.5 Å². The van der Waals surface area contributed by atoms with Gasteiger partial charge in [-0.3, -0.25) is 14.7 Å². The molecule has 3 heterocycles. The molecule has 0 aliphatic carbocycles. The minimum absolute atomic E-state index is 0.00175. The van der Waals surface area contributed by atoms with Gasteiger partial charge in [-0.25, -0.2) is 0 Å². The summed E-state index contributed by atoms with van der Waals surface area (Å²) in [5.74, 6) is 1.18. The van der Waals surface area contributed by atoms with Crippen molar-refractivity contribution in [3.05, 3.63) is 24.0 Å². The van der Waals surface area contributed by atoms with E-state index in [0.29, 0.717) is 23.4 Å². The van der Waals surface area contributed by atoms with E-state index in [9.17, 15) is 4.79 Å². The predicted molar refractivity (Wildman–Crippen MR) is 86.7 cm³/mol. The highest BCUT2D eigenvalue weighted by Crippen LogP contribution is 2.27. The zero-order valence-electron chi connectivity index (χ0n) is 13.9. The largest absolute Gasteiger partial charge is 0.497 e. The molecule has 0 unspecified atom stereocenters. The quantitative estimate of drug-likeness (QED) is 0.837. The number of carbonyl (C=O) groups excluding carboxylic acids is 1. The molecule has 1 aromatic rings. The maximum atomic E-state index is 12.8. The number of amides is 1. The molecule has 1 amide bonds. The van der Waals surface area contributed by atoms with Crippen LogP contribution in [0.25, 0.3) is 0 Å². The number of hydrogen-bond donors (Lipinski definition) is 0. The van der Waals surface area contributed by atoms with Gasteiger partial charge < -0.3 is 14.4 Å². The van der Waals surface area contributed by atoms with Crippen LogP contribution >= 0.6 is 0 Å². The third-order valence-corrected chi connectivity index (χ3v) is 4.92. The van der Waals surface area contributed by atoms with Crippen LogP contribution in [-0.2, 0) is 4.74 Å². The Balaban J connectivity index is 1.71. The normalized spacial score (nSPS) is 25.6. The van der Waals surface area contributed by atoms with Crippen molar-refractivity contribution in [1.29, 1.82) is 0 Å². The van der Waals surface area contributed by atoms with E-state index in [-0.39, 0.29) is 5.91 Å². The predicted octanol–water partition coefficient (Wildman–Crippen LogP) is 1.27. The average Bonchev–Trinajstić information content (AvgIpc) is 3.06. The van der Waals surface area contributed by atoms with Crippen LogP contribution < -0.4 is 4.74 Å². The Hall–Kier alpha value is -1.66.